The smallest absolute Gasteiger partial charge is 0.240 e. The molecule has 0 spiro atoms. The molecule has 0 saturated carbocycles. The third kappa shape index (κ3) is 5.63. The van der Waals surface area contributed by atoms with Gasteiger partial charge in [0.2, 0.25) is 5.91 Å². The Labute approximate surface area is 143 Å². The fourth-order valence-corrected chi connectivity index (χ4v) is 4.43. The van der Waals surface area contributed by atoms with Crippen LogP contribution in [0.15, 0.2) is 29.4 Å². The number of rotatable bonds is 7. The van der Waals surface area contributed by atoms with Crippen molar-refractivity contribution in [2.75, 3.05) is 18.1 Å². The van der Waals surface area contributed by atoms with Crippen LogP contribution in [0.4, 0.5) is 0 Å². The van der Waals surface area contributed by atoms with E-state index in [4.69, 9.17) is 4.74 Å². The number of carbonyl (C=O) groups is 1. The summed E-state index contributed by atoms with van der Waals surface area (Å²) in [5, 5.41) is 4.09. The quantitative estimate of drug-likeness (QED) is 0.602. The molecule has 0 unspecified atom stereocenters. The van der Waals surface area contributed by atoms with E-state index >= 15 is 0 Å². The first-order chi connectivity index (χ1) is 11.4. The predicted octanol–water partition coefficient (Wildman–Crippen LogP) is 2.14. The minimum atomic E-state index is -2.95. The van der Waals surface area contributed by atoms with Crippen LogP contribution in [0.5, 0.6) is 5.75 Å². The largest absolute Gasteiger partial charge is 0.494 e. The van der Waals surface area contributed by atoms with Crippen molar-refractivity contribution in [1.82, 2.24) is 5.43 Å². The first kappa shape index (κ1) is 18.4. The van der Waals surface area contributed by atoms with Gasteiger partial charge >= 0.3 is 0 Å². The van der Waals surface area contributed by atoms with Gasteiger partial charge in [0.1, 0.15) is 5.75 Å². The van der Waals surface area contributed by atoms with Gasteiger partial charge in [-0.25, -0.2) is 13.8 Å². The molecule has 1 aliphatic heterocycles. The molecule has 7 heteroatoms. The molecule has 132 valence electrons. The molecular weight excluding hydrogens is 328 g/mol. The van der Waals surface area contributed by atoms with Gasteiger partial charge in [-0.2, -0.15) is 5.10 Å². The Morgan fingerprint density at radius 3 is 2.62 bits per heavy atom. The van der Waals surface area contributed by atoms with Crippen LogP contribution in [-0.2, 0) is 14.6 Å². The zero-order valence-electron chi connectivity index (χ0n) is 14.1. The molecule has 24 heavy (non-hydrogen) atoms. The molecule has 6 nitrogen and oxygen atoms in total. The van der Waals surface area contributed by atoms with Gasteiger partial charge in [0, 0.05) is 6.42 Å². The number of nitrogens with one attached hydrogen (secondary N) is 1. The minimum absolute atomic E-state index is 0.0968. The summed E-state index contributed by atoms with van der Waals surface area (Å²) in [5.74, 6) is 0.738. The maximum Gasteiger partial charge on any atom is 0.240 e. The zero-order valence-corrected chi connectivity index (χ0v) is 14.9. The van der Waals surface area contributed by atoms with E-state index in [1.54, 1.807) is 0 Å². The van der Waals surface area contributed by atoms with Crippen LogP contribution in [0, 0.1) is 5.92 Å². The molecule has 0 aromatic heterocycles. The molecule has 1 heterocycles. The molecule has 1 saturated heterocycles. The van der Waals surface area contributed by atoms with Crippen molar-refractivity contribution in [3.05, 3.63) is 29.8 Å². The van der Waals surface area contributed by atoms with Crippen molar-refractivity contribution < 1.29 is 17.9 Å². The average molecular weight is 352 g/mol. The summed E-state index contributed by atoms with van der Waals surface area (Å²) >= 11 is 0. The standard InChI is InChI=1S/C17H24N2O4S/c1-3-9-23-16-6-4-15(5-7-16)13(2)18-19-17(20)11-14-8-10-24(21,22)12-14/h4-7,14H,3,8-12H2,1-2H3,(H,19,20)/b18-13-/t14-/m0/s1. The van der Waals surface area contributed by atoms with Crippen molar-refractivity contribution in [1.29, 1.82) is 0 Å². The SMILES string of the molecule is CCCOc1ccc(/C(C)=N\NC(=O)C[C@@H]2CCS(=O)(=O)C2)cc1. The van der Waals surface area contributed by atoms with Crippen LogP contribution >= 0.6 is 0 Å². The maximum absolute atomic E-state index is 11.9. The summed E-state index contributed by atoms with van der Waals surface area (Å²) < 4.78 is 28.3. The van der Waals surface area contributed by atoms with Crippen molar-refractivity contribution >= 4 is 21.5 Å². The van der Waals surface area contributed by atoms with E-state index in [1.165, 1.54) is 0 Å². The van der Waals surface area contributed by atoms with Gasteiger partial charge < -0.3 is 4.74 Å². The predicted molar refractivity (Wildman–Crippen MR) is 94.0 cm³/mol. The summed E-state index contributed by atoms with van der Waals surface area (Å²) in [6.07, 6.45) is 1.70. The Morgan fingerprint density at radius 1 is 1.33 bits per heavy atom. The number of carbonyl (C=O) groups excluding carboxylic acids is 1. The number of benzene rings is 1. The van der Waals surface area contributed by atoms with E-state index in [-0.39, 0.29) is 29.8 Å². The molecule has 1 fully saturated rings. The van der Waals surface area contributed by atoms with Crippen molar-refractivity contribution in [3.63, 3.8) is 0 Å². The number of nitrogens with zero attached hydrogens (tertiary/aromatic N) is 1. The lowest BCUT2D eigenvalue weighted by Gasteiger charge is -2.08. The Kier molecular flexibility index (Phi) is 6.36. The highest BCUT2D eigenvalue weighted by Crippen LogP contribution is 2.21. The molecule has 1 N–H and O–H groups in total. The third-order valence-electron chi connectivity index (χ3n) is 3.89. The van der Waals surface area contributed by atoms with Crippen molar-refractivity contribution in [2.24, 2.45) is 11.0 Å². The Balaban J connectivity index is 1.85. The van der Waals surface area contributed by atoms with Crippen LogP contribution < -0.4 is 10.2 Å². The topological polar surface area (TPSA) is 84.8 Å². The van der Waals surface area contributed by atoms with Crippen LogP contribution in [0.1, 0.15) is 38.7 Å². The lowest BCUT2D eigenvalue weighted by atomic mass is 10.1. The first-order valence-corrected chi connectivity index (χ1v) is 9.98. The van der Waals surface area contributed by atoms with E-state index in [2.05, 4.69) is 17.5 Å². The molecule has 1 atom stereocenters. The monoisotopic (exact) mass is 352 g/mol. The summed E-state index contributed by atoms with van der Waals surface area (Å²) in [6.45, 7) is 4.54. The molecule has 2 rings (SSSR count). The summed E-state index contributed by atoms with van der Waals surface area (Å²) in [7, 11) is -2.95. The third-order valence-corrected chi connectivity index (χ3v) is 5.73. The molecule has 1 amide bonds. The van der Waals surface area contributed by atoms with Gasteiger partial charge in [0.15, 0.2) is 9.84 Å². The molecule has 0 radical (unpaired) electrons. The molecule has 0 aliphatic carbocycles. The van der Waals surface area contributed by atoms with Crippen LogP contribution in [0.25, 0.3) is 0 Å². The number of sulfone groups is 1. The average Bonchev–Trinajstić information content (AvgIpc) is 2.89. The highest BCUT2D eigenvalue weighted by Gasteiger charge is 2.29. The Morgan fingerprint density at radius 2 is 2.04 bits per heavy atom. The number of amides is 1. The lowest BCUT2D eigenvalue weighted by molar-refractivity contribution is -0.121. The molecule has 0 bridgehead atoms. The van der Waals surface area contributed by atoms with Gasteiger partial charge in [-0.3, -0.25) is 4.79 Å². The van der Waals surface area contributed by atoms with E-state index in [0.717, 1.165) is 17.7 Å². The number of hydrazone groups is 1. The highest BCUT2D eigenvalue weighted by atomic mass is 32.2. The van der Waals surface area contributed by atoms with E-state index < -0.39 is 9.84 Å². The normalized spacial score (nSPS) is 19.9. The van der Waals surface area contributed by atoms with E-state index in [0.29, 0.717) is 18.7 Å². The van der Waals surface area contributed by atoms with Crippen molar-refractivity contribution in [2.45, 2.75) is 33.1 Å². The lowest BCUT2D eigenvalue weighted by Crippen LogP contribution is -2.22. The number of hydrogen-bond acceptors (Lipinski definition) is 5. The summed E-state index contributed by atoms with van der Waals surface area (Å²) in [6, 6.07) is 7.52. The second-order valence-corrected chi connectivity index (χ2v) is 8.31. The fraction of sp³-hybridized carbons (Fsp3) is 0.529. The Bertz CT molecular complexity index is 696. The van der Waals surface area contributed by atoms with Crippen molar-refractivity contribution in [3.8, 4) is 5.75 Å². The highest BCUT2D eigenvalue weighted by molar-refractivity contribution is 7.91. The zero-order chi connectivity index (χ0) is 17.6. The number of hydrogen-bond donors (Lipinski definition) is 1. The molecular formula is C17H24N2O4S. The van der Waals surface area contributed by atoms with Crippen LogP contribution in [-0.4, -0.2) is 38.1 Å². The first-order valence-electron chi connectivity index (χ1n) is 8.16. The summed E-state index contributed by atoms with van der Waals surface area (Å²) in [4.78, 5) is 11.9. The molecule has 1 aromatic carbocycles. The maximum atomic E-state index is 11.9. The van der Waals surface area contributed by atoms with Gasteiger partial charge in [0.05, 0.1) is 23.8 Å². The number of ether oxygens (including phenoxy) is 1. The van der Waals surface area contributed by atoms with Gasteiger partial charge in [0.25, 0.3) is 0 Å². The molecule has 1 aliphatic rings. The summed E-state index contributed by atoms with van der Waals surface area (Å²) in [5.41, 5.74) is 4.08. The fourth-order valence-electron chi connectivity index (χ4n) is 2.56. The van der Waals surface area contributed by atoms with Crippen LogP contribution in [0.3, 0.4) is 0 Å². The van der Waals surface area contributed by atoms with Gasteiger partial charge in [-0.05, 0) is 55.5 Å². The van der Waals surface area contributed by atoms with Gasteiger partial charge in [-0.1, -0.05) is 6.92 Å². The second kappa shape index (κ2) is 8.28. The minimum Gasteiger partial charge on any atom is -0.494 e. The second-order valence-electron chi connectivity index (χ2n) is 6.08. The van der Waals surface area contributed by atoms with Gasteiger partial charge in [-0.15, -0.1) is 0 Å². The molecule has 1 aromatic rings. The van der Waals surface area contributed by atoms with E-state index in [9.17, 15) is 13.2 Å². The van der Waals surface area contributed by atoms with E-state index in [1.807, 2.05) is 31.2 Å². The van der Waals surface area contributed by atoms with Crippen LogP contribution in [0.2, 0.25) is 0 Å². The Hall–Kier alpha value is -1.89.